The minimum absolute atomic E-state index is 0.0456. The highest BCUT2D eigenvalue weighted by atomic mass is 32.1. The molecule has 0 radical (unpaired) electrons. The molecule has 1 aromatic carbocycles. The monoisotopic (exact) mass is 347 g/mol. The van der Waals surface area contributed by atoms with Crippen molar-refractivity contribution in [1.29, 1.82) is 0 Å². The van der Waals surface area contributed by atoms with Gasteiger partial charge < -0.3 is 9.64 Å². The van der Waals surface area contributed by atoms with Crippen LogP contribution in [-0.4, -0.2) is 31.1 Å². The van der Waals surface area contributed by atoms with E-state index in [0.29, 0.717) is 32.6 Å². The fourth-order valence-electron chi connectivity index (χ4n) is 3.35. The van der Waals surface area contributed by atoms with Crippen LogP contribution < -0.4 is 0 Å². The molecule has 1 aliphatic heterocycles. The highest BCUT2D eigenvalue weighted by Crippen LogP contribution is 2.37. The Hall–Kier alpha value is -1.72. The standard InChI is InChI=1S/C19H22FNO2S/c1-14-6-11-24-17(14)13-21(2)18(22)19(7-9-23-10-8-19)15-4-3-5-16(20)12-15/h3-6,11-12H,7-10,13H2,1-2H3. The Labute approximate surface area is 146 Å². The van der Waals surface area contributed by atoms with Crippen LogP contribution in [0.4, 0.5) is 4.39 Å². The summed E-state index contributed by atoms with van der Waals surface area (Å²) in [6.07, 6.45) is 1.17. The number of hydrogen-bond donors (Lipinski definition) is 0. The highest BCUT2D eigenvalue weighted by molar-refractivity contribution is 7.10. The van der Waals surface area contributed by atoms with Crippen molar-refractivity contribution in [3.8, 4) is 0 Å². The zero-order valence-corrected chi connectivity index (χ0v) is 14.9. The van der Waals surface area contributed by atoms with Crippen LogP contribution in [0.15, 0.2) is 35.7 Å². The maximum absolute atomic E-state index is 13.8. The fraction of sp³-hybridized carbons (Fsp3) is 0.421. The maximum atomic E-state index is 13.8. The smallest absolute Gasteiger partial charge is 0.233 e. The van der Waals surface area contributed by atoms with Crippen molar-refractivity contribution in [3.05, 3.63) is 57.5 Å². The van der Waals surface area contributed by atoms with Gasteiger partial charge in [0, 0.05) is 25.1 Å². The number of carbonyl (C=O) groups is 1. The van der Waals surface area contributed by atoms with E-state index in [9.17, 15) is 9.18 Å². The molecule has 0 unspecified atom stereocenters. The molecule has 0 N–H and O–H groups in total. The SMILES string of the molecule is Cc1ccsc1CN(C)C(=O)C1(c2cccc(F)c2)CCOCC1. The quantitative estimate of drug-likeness (QED) is 0.839. The first-order chi connectivity index (χ1) is 11.5. The van der Waals surface area contributed by atoms with Crippen molar-refractivity contribution < 1.29 is 13.9 Å². The second-order valence-electron chi connectivity index (χ2n) is 6.39. The van der Waals surface area contributed by atoms with E-state index in [1.807, 2.05) is 18.5 Å². The van der Waals surface area contributed by atoms with Gasteiger partial charge in [-0.05, 0) is 54.5 Å². The molecule has 0 spiro atoms. The van der Waals surface area contributed by atoms with Crippen LogP contribution in [0.25, 0.3) is 0 Å². The van der Waals surface area contributed by atoms with Gasteiger partial charge in [-0.25, -0.2) is 4.39 Å². The van der Waals surface area contributed by atoms with Gasteiger partial charge in [-0.3, -0.25) is 4.79 Å². The average Bonchev–Trinajstić information content (AvgIpc) is 2.99. The van der Waals surface area contributed by atoms with Gasteiger partial charge in [-0.15, -0.1) is 11.3 Å². The molecule has 1 saturated heterocycles. The third-order valence-electron chi connectivity index (χ3n) is 4.83. The summed E-state index contributed by atoms with van der Waals surface area (Å²) in [6.45, 7) is 3.68. The number of carbonyl (C=O) groups excluding carboxylic acids is 1. The first-order valence-corrected chi connectivity index (χ1v) is 9.03. The zero-order valence-electron chi connectivity index (χ0n) is 14.0. The maximum Gasteiger partial charge on any atom is 0.233 e. The van der Waals surface area contributed by atoms with E-state index in [0.717, 1.165) is 5.56 Å². The molecular weight excluding hydrogens is 325 g/mol. The van der Waals surface area contributed by atoms with Crippen molar-refractivity contribution in [2.75, 3.05) is 20.3 Å². The lowest BCUT2D eigenvalue weighted by atomic mass is 9.73. The summed E-state index contributed by atoms with van der Waals surface area (Å²) in [7, 11) is 1.83. The van der Waals surface area contributed by atoms with Gasteiger partial charge >= 0.3 is 0 Å². The second kappa shape index (κ2) is 7.03. The highest BCUT2D eigenvalue weighted by Gasteiger charge is 2.43. The molecule has 128 valence electrons. The lowest BCUT2D eigenvalue weighted by molar-refractivity contribution is -0.140. The van der Waals surface area contributed by atoms with Crippen LogP contribution in [0, 0.1) is 12.7 Å². The minimum Gasteiger partial charge on any atom is -0.381 e. The van der Waals surface area contributed by atoms with Gasteiger partial charge in [0.1, 0.15) is 5.82 Å². The molecule has 0 saturated carbocycles. The molecule has 1 aromatic heterocycles. The number of nitrogens with zero attached hydrogens (tertiary/aromatic N) is 1. The first-order valence-electron chi connectivity index (χ1n) is 8.15. The Bertz CT molecular complexity index is 722. The summed E-state index contributed by atoms with van der Waals surface area (Å²) in [5.41, 5.74) is 1.26. The summed E-state index contributed by atoms with van der Waals surface area (Å²) in [5, 5.41) is 2.04. The van der Waals surface area contributed by atoms with E-state index < -0.39 is 5.41 Å². The number of likely N-dealkylation sites (N-methyl/N-ethyl adjacent to an activating group) is 1. The number of halogens is 1. The molecule has 1 fully saturated rings. The average molecular weight is 347 g/mol. The van der Waals surface area contributed by atoms with E-state index in [1.54, 1.807) is 22.3 Å². The predicted octanol–water partition coefficient (Wildman–Crippen LogP) is 3.90. The molecule has 0 atom stereocenters. The van der Waals surface area contributed by atoms with Crippen molar-refractivity contribution in [3.63, 3.8) is 0 Å². The first kappa shape index (κ1) is 17.1. The van der Waals surface area contributed by atoms with Crippen molar-refractivity contribution in [2.45, 2.75) is 31.7 Å². The molecule has 0 bridgehead atoms. The van der Waals surface area contributed by atoms with E-state index >= 15 is 0 Å². The third-order valence-corrected chi connectivity index (χ3v) is 5.84. The molecule has 2 heterocycles. The number of thiophene rings is 1. The van der Waals surface area contributed by atoms with E-state index in [2.05, 4.69) is 13.0 Å². The van der Waals surface area contributed by atoms with Gasteiger partial charge in [-0.1, -0.05) is 12.1 Å². The largest absolute Gasteiger partial charge is 0.381 e. The van der Waals surface area contributed by atoms with Gasteiger partial charge in [0.25, 0.3) is 0 Å². The van der Waals surface area contributed by atoms with E-state index in [-0.39, 0.29) is 11.7 Å². The van der Waals surface area contributed by atoms with Gasteiger partial charge in [0.15, 0.2) is 0 Å². The summed E-state index contributed by atoms with van der Waals surface area (Å²) in [5.74, 6) is -0.257. The molecule has 3 nitrogen and oxygen atoms in total. The summed E-state index contributed by atoms with van der Waals surface area (Å²) in [6, 6.07) is 8.51. The topological polar surface area (TPSA) is 29.5 Å². The van der Waals surface area contributed by atoms with Gasteiger partial charge in [-0.2, -0.15) is 0 Å². The Morgan fingerprint density at radius 3 is 2.71 bits per heavy atom. The molecule has 2 aromatic rings. The van der Waals surface area contributed by atoms with Crippen LogP contribution in [0.2, 0.25) is 0 Å². The number of benzene rings is 1. The number of rotatable bonds is 4. The predicted molar refractivity (Wildman–Crippen MR) is 93.7 cm³/mol. The molecular formula is C19H22FNO2S. The Morgan fingerprint density at radius 1 is 1.33 bits per heavy atom. The van der Waals surface area contributed by atoms with Crippen molar-refractivity contribution in [1.82, 2.24) is 4.90 Å². The zero-order chi connectivity index (χ0) is 17.2. The molecule has 3 rings (SSSR count). The molecule has 1 aliphatic rings. The van der Waals surface area contributed by atoms with Crippen molar-refractivity contribution >= 4 is 17.2 Å². The van der Waals surface area contributed by atoms with Gasteiger partial charge in [0.2, 0.25) is 5.91 Å². The number of hydrogen-bond acceptors (Lipinski definition) is 3. The minimum atomic E-state index is -0.694. The summed E-state index contributed by atoms with van der Waals surface area (Å²) >= 11 is 1.66. The Morgan fingerprint density at radius 2 is 2.08 bits per heavy atom. The van der Waals surface area contributed by atoms with Crippen LogP contribution in [-0.2, 0) is 21.5 Å². The van der Waals surface area contributed by atoms with E-state index in [1.165, 1.54) is 22.6 Å². The number of ether oxygens (including phenoxy) is 1. The second-order valence-corrected chi connectivity index (χ2v) is 7.39. The summed E-state index contributed by atoms with van der Waals surface area (Å²) < 4.78 is 19.2. The van der Waals surface area contributed by atoms with Crippen LogP contribution >= 0.6 is 11.3 Å². The molecule has 24 heavy (non-hydrogen) atoms. The number of aryl methyl sites for hydroxylation is 1. The lowest BCUT2D eigenvalue weighted by Crippen LogP contribution is -2.48. The molecule has 5 heteroatoms. The molecule has 1 amide bonds. The fourth-order valence-corrected chi connectivity index (χ4v) is 4.31. The van der Waals surface area contributed by atoms with Gasteiger partial charge in [0.05, 0.1) is 12.0 Å². The summed E-state index contributed by atoms with van der Waals surface area (Å²) in [4.78, 5) is 16.3. The van der Waals surface area contributed by atoms with Crippen LogP contribution in [0.1, 0.15) is 28.8 Å². The lowest BCUT2D eigenvalue weighted by Gasteiger charge is -2.39. The van der Waals surface area contributed by atoms with Crippen LogP contribution in [0.3, 0.4) is 0 Å². The number of amides is 1. The Balaban J connectivity index is 1.90. The third kappa shape index (κ3) is 3.23. The van der Waals surface area contributed by atoms with Crippen LogP contribution in [0.5, 0.6) is 0 Å². The van der Waals surface area contributed by atoms with E-state index in [4.69, 9.17) is 4.74 Å². The normalized spacial score (nSPS) is 16.8. The Kier molecular flexibility index (Phi) is 5.01. The molecule has 0 aliphatic carbocycles. The van der Waals surface area contributed by atoms with Crippen molar-refractivity contribution in [2.24, 2.45) is 0 Å².